The van der Waals surface area contributed by atoms with Crippen molar-refractivity contribution < 1.29 is 89.4 Å². The fourth-order valence-corrected chi connectivity index (χ4v) is 11.5. The number of unbranched alkanes of at least 4 members (excludes halogenated alkanes) is 19. The molecule has 19 heteroatoms. The summed E-state index contributed by atoms with van der Waals surface area (Å²) in [6, 6.07) is -1.00. The number of carbonyl (C=O) groups excluding carboxylic acids is 1. The summed E-state index contributed by atoms with van der Waals surface area (Å²) in [6.07, 6.45) is 54.7. The van der Waals surface area contributed by atoms with Crippen LogP contribution in [-0.4, -0.2) is 193 Å². The minimum atomic E-state index is -1.99. The Morgan fingerprint density at radius 2 is 0.722 bits per heavy atom. The lowest BCUT2D eigenvalue weighted by atomic mass is 9.96. The fourth-order valence-electron chi connectivity index (χ4n) is 11.5. The van der Waals surface area contributed by atoms with Gasteiger partial charge in [0.25, 0.3) is 0 Å². The standard InChI is InChI=1S/C78H129NO18/c1-3-5-7-9-11-13-15-16-17-18-19-20-21-22-23-24-25-26-27-28-29-30-31-32-33-34-35-36-37-38-39-40-41-42-43-44-46-48-50-52-54-56-66(84)79-61(62(83)55-53-51-49-47-45-14-12-10-8-6-4-2)60-92-76-72(90)69(87)74(64(58-81)94-76)97-78-73(91)70(88)75(65(59-82)95-78)96-77-71(89)68(86)67(85)63(57-80)93-77/h5,7-8,10-11,13,16-17,19-20,22-23,25-26,28-29,31-32,45,47,53,55,61-65,67-78,80-83,85-91H,3-4,6,9,12,14-15,18,21,24,27,30,33-44,46,48-52,54,56-60H2,1-2H3,(H,79,84)/b7-5-,10-8+,13-11-,17-16-,20-19-,23-22-,26-25-,29-28-,32-31-,47-45+,55-53+. The summed E-state index contributed by atoms with van der Waals surface area (Å²) in [6.45, 7) is 1.48. The van der Waals surface area contributed by atoms with E-state index in [4.69, 9.17) is 28.4 Å². The second-order valence-electron chi connectivity index (χ2n) is 25.6. The number of nitrogens with one attached hydrogen (secondary N) is 1. The first-order valence-corrected chi connectivity index (χ1v) is 36.9. The van der Waals surface area contributed by atoms with Crippen molar-refractivity contribution in [2.24, 2.45) is 0 Å². The number of ether oxygens (including phenoxy) is 6. The zero-order chi connectivity index (χ0) is 70.4. The highest BCUT2D eigenvalue weighted by Crippen LogP contribution is 2.33. The van der Waals surface area contributed by atoms with Crippen LogP contribution in [-0.2, 0) is 33.2 Å². The van der Waals surface area contributed by atoms with Crippen LogP contribution in [0.25, 0.3) is 0 Å². The molecule has 12 N–H and O–H groups in total. The maximum atomic E-state index is 13.4. The summed E-state index contributed by atoms with van der Waals surface area (Å²) in [5.74, 6) is -0.296. The maximum absolute atomic E-state index is 13.4. The van der Waals surface area contributed by atoms with Crippen molar-refractivity contribution in [2.45, 2.75) is 324 Å². The molecule has 554 valence electrons. The number of hydrogen-bond donors (Lipinski definition) is 12. The van der Waals surface area contributed by atoms with Gasteiger partial charge in [0.1, 0.15) is 73.2 Å². The number of allylic oxidation sites excluding steroid dienone is 21. The summed E-state index contributed by atoms with van der Waals surface area (Å²) < 4.78 is 34.3. The molecule has 0 aromatic carbocycles. The first-order valence-electron chi connectivity index (χ1n) is 36.9. The van der Waals surface area contributed by atoms with Crippen LogP contribution in [0.1, 0.15) is 219 Å². The van der Waals surface area contributed by atoms with Crippen LogP contribution >= 0.6 is 0 Å². The number of carbonyl (C=O) groups is 1. The van der Waals surface area contributed by atoms with E-state index in [1.54, 1.807) is 6.08 Å². The first kappa shape index (κ1) is 87.1. The Morgan fingerprint density at radius 1 is 0.381 bits per heavy atom. The highest BCUT2D eigenvalue weighted by Gasteiger charge is 2.53. The molecule has 97 heavy (non-hydrogen) atoms. The van der Waals surface area contributed by atoms with Crippen LogP contribution in [0.5, 0.6) is 0 Å². The lowest BCUT2D eigenvalue weighted by Gasteiger charge is -2.48. The average molecular weight is 1370 g/mol. The van der Waals surface area contributed by atoms with Gasteiger partial charge >= 0.3 is 0 Å². The third-order valence-electron chi connectivity index (χ3n) is 17.4. The Labute approximate surface area is 581 Å². The molecule has 0 aromatic rings. The highest BCUT2D eigenvalue weighted by atomic mass is 16.8. The third kappa shape index (κ3) is 38.5. The van der Waals surface area contributed by atoms with Crippen molar-refractivity contribution in [3.05, 3.63) is 134 Å². The molecule has 3 aliphatic heterocycles. The van der Waals surface area contributed by atoms with E-state index in [-0.39, 0.29) is 18.9 Å². The van der Waals surface area contributed by atoms with Gasteiger partial charge < -0.3 is 89.9 Å². The SMILES string of the molecule is CC/C=C\C/C=C\C/C=C\C/C=C\C/C=C\C/C=C\C/C=C\C/C=C\CCCCCCCCCCCCCCCCCCC(=O)NC(COC1OC(CO)C(OC2OC(CO)C(OC3OC(CO)C(O)C(O)C3O)C(O)C2O)C(O)C1O)C(O)/C=C/CC/C=C/CC/C=C/CCC. The maximum Gasteiger partial charge on any atom is 0.220 e. The van der Waals surface area contributed by atoms with Gasteiger partial charge in [-0.15, -0.1) is 0 Å². The Hall–Kier alpha value is -4.07. The summed E-state index contributed by atoms with van der Waals surface area (Å²) in [4.78, 5) is 13.4. The van der Waals surface area contributed by atoms with Gasteiger partial charge in [-0.05, 0) is 103 Å². The van der Waals surface area contributed by atoms with E-state index >= 15 is 0 Å². The predicted molar refractivity (Wildman–Crippen MR) is 383 cm³/mol. The number of amides is 1. The van der Waals surface area contributed by atoms with Gasteiger partial charge in [-0.3, -0.25) is 4.79 Å². The molecule has 3 heterocycles. The molecule has 0 spiro atoms. The molecule has 3 aliphatic rings. The normalized spacial score (nSPS) is 27.7. The second kappa shape index (κ2) is 57.5. The molecule has 3 saturated heterocycles. The van der Waals surface area contributed by atoms with E-state index in [1.165, 1.54) is 70.6 Å². The topological polar surface area (TPSA) is 307 Å². The van der Waals surface area contributed by atoms with Crippen LogP contribution in [0.4, 0.5) is 0 Å². The van der Waals surface area contributed by atoms with Gasteiger partial charge in [-0.25, -0.2) is 0 Å². The summed E-state index contributed by atoms with van der Waals surface area (Å²) >= 11 is 0. The zero-order valence-corrected chi connectivity index (χ0v) is 58.7. The molecule has 0 aromatic heterocycles. The molecular weight excluding hydrogens is 1240 g/mol. The van der Waals surface area contributed by atoms with Gasteiger partial charge in [0, 0.05) is 6.42 Å². The minimum Gasteiger partial charge on any atom is -0.394 e. The van der Waals surface area contributed by atoms with Crippen LogP contribution in [0.2, 0.25) is 0 Å². The lowest BCUT2D eigenvalue weighted by Crippen LogP contribution is -2.66. The van der Waals surface area contributed by atoms with Gasteiger partial charge in [-0.1, -0.05) is 244 Å². The molecule has 19 nitrogen and oxygen atoms in total. The van der Waals surface area contributed by atoms with Crippen molar-refractivity contribution >= 4 is 5.91 Å². The second-order valence-corrected chi connectivity index (χ2v) is 25.6. The van der Waals surface area contributed by atoms with Crippen molar-refractivity contribution in [3.8, 4) is 0 Å². The zero-order valence-electron chi connectivity index (χ0n) is 58.7. The number of aliphatic hydroxyl groups is 11. The van der Waals surface area contributed by atoms with Crippen molar-refractivity contribution in [3.63, 3.8) is 0 Å². The predicted octanol–water partition coefficient (Wildman–Crippen LogP) is 10.9. The molecule has 17 atom stereocenters. The van der Waals surface area contributed by atoms with E-state index in [0.717, 1.165) is 116 Å². The lowest BCUT2D eigenvalue weighted by molar-refractivity contribution is -0.379. The van der Waals surface area contributed by atoms with Gasteiger partial charge in [-0.2, -0.15) is 0 Å². The summed E-state index contributed by atoms with van der Waals surface area (Å²) in [7, 11) is 0. The van der Waals surface area contributed by atoms with Crippen LogP contribution < -0.4 is 5.32 Å². The molecule has 3 rings (SSSR count). The molecule has 0 aliphatic carbocycles. The molecule has 0 bridgehead atoms. The largest absolute Gasteiger partial charge is 0.394 e. The molecule has 17 unspecified atom stereocenters. The minimum absolute atomic E-state index is 0.225. The Balaban J connectivity index is 1.29. The smallest absolute Gasteiger partial charge is 0.220 e. The van der Waals surface area contributed by atoms with Gasteiger partial charge in [0.15, 0.2) is 18.9 Å². The Bertz CT molecular complexity index is 2280. The van der Waals surface area contributed by atoms with Crippen LogP contribution in [0, 0.1) is 0 Å². The van der Waals surface area contributed by atoms with E-state index in [9.17, 15) is 61.0 Å². The van der Waals surface area contributed by atoms with Crippen LogP contribution in [0.3, 0.4) is 0 Å². The monoisotopic (exact) mass is 1370 g/mol. The Kier molecular flexibility index (Phi) is 51.7. The number of rotatable bonds is 55. The van der Waals surface area contributed by atoms with E-state index in [0.29, 0.717) is 12.8 Å². The molecule has 0 radical (unpaired) electrons. The van der Waals surface area contributed by atoms with Crippen molar-refractivity contribution in [1.29, 1.82) is 0 Å². The van der Waals surface area contributed by atoms with Crippen molar-refractivity contribution in [1.82, 2.24) is 5.32 Å². The van der Waals surface area contributed by atoms with Gasteiger partial charge in [0.05, 0.1) is 38.6 Å². The number of aliphatic hydroxyl groups excluding tert-OH is 11. The first-order chi connectivity index (χ1) is 47.3. The van der Waals surface area contributed by atoms with Crippen LogP contribution in [0.15, 0.2) is 134 Å². The third-order valence-corrected chi connectivity index (χ3v) is 17.4. The fraction of sp³-hybridized carbons (Fsp3) is 0.705. The van der Waals surface area contributed by atoms with E-state index in [1.807, 2.05) is 6.08 Å². The average Bonchev–Trinajstić information content (AvgIpc) is 0.790. The summed E-state index contributed by atoms with van der Waals surface area (Å²) in [5, 5.41) is 120. The van der Waals surface area contributed by atoms with Crippen molar-refractivity contribution in [2.75, 3.05) is 26.4 Å². The molecular formula is C78H129NO18. The Morgan fingerprint density at radius 3 is 1.14 bits per heavy atom. The molecule has 3 fully saturated rings. The number of hydrogen-bond acceptors (Lipinski definition) is 18. The summed E-state index contributed by atoms with van der Waals surface area (Å²) in [5.41, 5.74) is 0. The molecule has 0 saturated carbocycles. The quantitative estimate of drug-likeness (QED) is 0.0199. The van der Waals surface area contributed by atoms with Gasteiger partial charge in [0.2, 0.25) is 5.91 Å². The highest BCUT2D eigenvalue weighted by molar-refractivity contribution is 5.76. The van der Waals surface area contributed by atoms with E-state index < -0.39 is 124 Å². The molecule has 1 amide bonds. The van der Waals surface area contributed by atoms with E-state index in [2.05, 4.69) is 141 Å².